The summed E-state index contributed by atoms with van der Waals surface area (Å²) in [5.74, 6) is 0. The maximum Gasteiger partial charge on any atom is 0.240 e. The van der Waals surface area contributed by atoms with Gasteiger partial charge < -0.3 is 0 Å². The molecule has 3 nitrogen and oxygen atoms in total. The van der Waals surface area contributed by atoms with E-state index >= 15 is 0 Å². The first-order valence-corrected chi connectivity index (χ1v) is 5.47. The Balaban J connectivity index is 2.13. The molecule has 2 rings (SSSR count). The molecule has 2 aromatic rings. The molecule has 0 saturated heterocycles. The fourth-order valence-corrected chi connectivity index (χ4v) is 1.67. The van der Waals surface area contributed by atoms with E-state index in [1.165, 1.54) is 6.08 Å². The standard InChI is InChI=1S/C15H10N2O/c16-10-14-3-1-12(2-4-14)9-13-5-7-15(8-6-13)17-11-18/h1-8H,9H2. The van der Waals surface area contributed by atoms with Crippen LogP contribution in [-0.2, 0) is 11.2 Å². The van der Waals surface area contributed by atoms with E-state index in [9.17, 15) is 4.79 Å². The first-order valence-electron chi connectivity index (χ1n) is 5.47. The highest BCUT2D eigenvalue weighted by atomic mass is 16.1. The number of carbonyl (C=O) groups excluding carboxylic acids is 1. The molecule has 0 heterocycles. The zero-order valence-corrected chi connectivity index (χ0v) is 9.63. The summed E-state index contributed by atoms with van der Waals surface area (Å²) < 4.78 is 0. The Morgan fingerprint density at radius 1 is 0.944 bits per heavy atom. The predicted octanol–water partition coefficient (Wildman–Crippen LogP) is 3.12. The van der Waals surface area contributed by atoms with Crippen molar-refractivity contribution in [1.82, 2.24) is 0 Å². The summed E-state index contributed by atoms with van der Waals surface area (Å²) in [6, 6.07) is 17.0. The third-order valence-electron chi connectivity index (χ3n) is 2.60. The molecule has 0 aliphatic carbocycles. The third-order valence-corrected chi connectivity index (χ3v) is 2.60. The highest BCUT2D eigenvalue weighted by molar-refractivity contribution is 5.49. The van der Waals surface area contributed by atoms with Crippen LogP contribution in [0.15, 0.2) is 53.5 Å². The van der Waals surface area contributed by atoms with E-state index in [0.717, 1.165) is 17.5 Å². The van der Waals surface area contributed by atoms with Gasteiger partial charge in [0.1, 0.15) is 0 Å². The van der Waals surface area contributed by atoms with Crippen molar-refractivity contribution in [2.75, 3.05) is 0 Å². The number of isocyanates is 1. The Kier molecular flexibility index (Phi) is 3.66. The Labute approximate surface area is 105 Å². The first kappa shape index (κ1) is 11.8. The Bertz CT molecular complexity index is 615. The topological polar surface area (TPSA) is 53.2 Å². The normalized spacial score (nSPS) is 9.28. The van der Waals surface area contributed by atoms with Crippen LogP contribution in [0.3, 0.4) is 0 Å². The van der Waals surface area contributed by atoms with Crippen LogP contribution in [-0.4, -0.2) is 6.08 Å². The van der Waals surface area contributed by atoms with E-state index in [2.05, 4.69) is 11.1 Å². The average Bonchev–Trinajstić information content (AvgIpc) is 2.42. The van der Waals surface area contributed by atoms with Gasteiger partial charge in [0.2, 0.25) is 6.08 Å². The van der Waals surface area contributed by atoms with Gasteiger partial charge in [-0.3, -0.25) is 0 Å². The van der Waals surface area contributed by atoms with Crippen LogP contribution in [0.2, 0.25) is 0 Å². The van der Waals surface area contributed by atoms with Crippen molar-refractivity contribution in [2.45, 2.75) is 6.42 Å². The van der Waals surface area contributed by atoms with Crippen molar-refractivity contribution in [3.8, 4) is 6.07 Å². The number of benzene rings is 2. The minimum Gasteiger partial charge on any atom is -0.211 e. The van der Waals surface area contributed by atoms with E-state index in [1.807, 2.05) is 24.3 Å². The van der Waals surface area contributed by atoms with Crippen molar-refractivity contribution in [1.29, 1.82) is 5.26 Å². The predicted molar refractivity (Wildman–Crippen MR) is 68.2 cm³/mol. The SMILES string of the molecule is N#Cc1ccc(Cc2ccc(N=C=O)cc2)cc1. The van der Waals surface area contributed by atoms with E-state index < -0.39 is 0 Å². The fourth-order valence-electron chi connectivity index (χ4n) is 1.67. The van der Waals surface area contributed by atoms with Crippen LogP contribution in [0.25, 0.3) is 0 Å². The highest BCUT2D eigenvalue weighted by Gasteiger charge is 1.97. The Morgan fingerprint density at radius 2 is 1.50 bits per heavy atom. The van der Waals surface area contributed by atoms with Crippen molar-refractivity contribution in [3.63, 3.8) is 0 Å². The van der Waals surface area contributed by atoms with E-state index in [4.69, 9.17) is 5.26 Å². The monoisotopic (exact) mass is 234 g/mol. The van der Waals surface area contributed by atoms with Crippen molar-refractivity contribution < 1.29 is 4.79 Å². The molecule has 0 saturated carbocycles. The van der Waals surface area contributed by atoms with Gasteiger partial charge in [0.25, 0.3) is 0 Å². The molecule has 0 aromatic heterocycles. The summed E-state index contributed by atoms with van der Waals surface area (Å²) in [5.41, 5.74) is 3.54. The van der Waals surface area contributed by atoms with Gasteiger partial charge in [-0.2, -0.15) is 10.3 Å². The second-order valence-electron chi connectivity index (χ2n) is 3.86. The number of nitrogens with zero attached hydrogens (tertiary/aromatic N) is 2. The molecule has 3 heteroatoms. The summed E-state index contributed by atoms with van der Waals surface area (Å²) in [6.45, 7) is 0. The second-order valence-corrected chi connectivity index (χ2v) is 3.86. The maximum absolute atomic E-state index is 10.1. The zero-order chi connectivity index (χ0) is 12.8. The molecule has 0 aliphatic heterocycles. The minimum absolute atomic E-state index is 0.605. The quantitative estimate of drug-likeness (QED) is 0.605. The minimum atomic E-state index is 0.605. The molecule has 18 heavy (non-hydrogen) atoms. The van der Waals surface area contributed by atoms with Crippen LogP contribution in [0.1, 0.15) is 16.7 Å². The number of rotatable bonds is 3. The maximum atomic E-state index is 10.1. The zero-order valence-electron chi connectivity index (χ0n) is 9.63. The Hall–Kier alpha value is -2.69. The summed E-state index contributed by atoms with van der Waals surface area (Å²) >= 11 is 0. The largest absolute Gasteiger partial charge is 0.240 e. The lowest BCUT2D eigenvalue weighted by Crippen LogP contribution is -1.87. The van der Waals surface area contributed by atoms with Gasteiger partial charge in [0, 0.05) is 0 Å². The van der Waals surface area contributed by atoms with Crippen molar-refractivity contribution >= 4 is 11.8 Å². The second kappa shape index (κ2) is 5.58. The van der Waals surface area contributed by atoms with Crippen LogP contribution in [0.5, 0.6) is 0 Å². The molecular formula is C15H10N2O. The number of hydrogen-bond donors (Lipinski definition) is 0. The summed E-state index contributed by atoms with van der Waals surface area (Å²) in [7, 11) is 0. The molecule has 0 aliphatic rings. The molecule has 0 radical (unpaired) electrons. The number of nitriles is 1. The lowest BCUT2D eigenvalue weighted by molar-refractivity contribution is 0.565. The summed E-state index contributed by atoms with van der Waals surface area (Å²) in [4.78, 5) is 13.6. The van der Waals surface area contributed by atoms with Gasteiger partial charge in [-0.05, 0) is 41.8 Å². The van der Waals surface area contributed by atoms with Crippen LogP contribution in [0.4, 0.5) is 5.69 Å². The van der Waals surface area contributed by atoms with E-state index in [1.54, 1.807) is 24.3 Å². The Morgan fingerprint density at radius 3 is 2.00 bits per heavy atom. The van der Waals surface area contributed by atoms with Gasteiger partial charge in [-0.1, -0.05) is 24.3 Å². The molecule has 0 bridgehead atoms. The smallest absolute Gasteiger partial charge is 0.211 e. The lowest BCUT2D eigenvalue weighted by atomic mass is 10.0. The molecule has 0 atom stereocenters. The molecule has 0 unspecified atom stereocenters. The van der Waals surface area contributed by atoms with Gasteiger partial charge in [-0.15, -0.1) is 0 Å². The van der Waals surface area contributed by atoms with Gasteiger partial charge >= 0.3 is 0 Å². The third kappa shape index (κ3) is 2.91. The van der Waals surface area contributed by atoms with E-state index in [-0.39, 0.29) is 0 Å². The molecule has 0 amide bonds. The van der Waals surface area contributed by atoms with E-state index in [0.29, 0.717) is 11.3 Å². The average molecular weight is 234 g/mol. The van der Waals surface area contributed by atoms with Crippen LogP contribution in [0, 0.1) is 11.3 Å². The number of hydrogen-bond acceptors (Lipinski definition) is 3. The van der Waals surface area contributed by atoms with Gasteiger partial charge in [0.15, 0.2) is 0 Å². The van der Waals surface area contributed by atoms with Gasteiger partial charge in [-0.25, -0.2) is 4.79 Å². The lowest BCUT2D eigenvalue weighted by Gasteiger charge is -2.02. The number of aliphatic imine (C=N–C) groups is 1. The highest BCUT2D eigenvalue weighted by Crippen LogP contribution is 2.15. The molecule has 0 spiro atoms. The fraction of sp³-hybridized carbons (Fsp3) is 0.0667. The molecule has 2 aromatic carbocycles. The van der Waals surface area contributed by atoms with Crippen LogP contribution < -0.4 is 0 Å². The van der Waals surface area contributed by atoms with Crippen molar-refractivity contribution in [3.05, 3.63) is 65.2 Å². The van der Waals surface area contributed by atoms with Crippen molar-refractivity contribution in [2.24, 2.45) is 4.99 Å². The molecular weight excluding hydrogens is 224 g/mol. The molecule has 0 fully saturated rings. The summed E-state index contributed by atoms with van der Waals surface area (Å²) in [5, 5.41) is 8.71. The van der Waals surface area contributed by atoms with Gasteiger partial charge in [0.05, 0.1) is 17.3 Å². The molecule has 0 N–H and O–H groups in total. The van der Waals surface area contributed by atoms with Crippen LogP contribution >= 0.6 is 0 Å². The molecule has 86 valence electrons. The first-order chi connectivity index (χ1) is 8.81. The summed E-state index contributed by atoms with van der Waals surface area (Å²) in [6.07, 6.45) is 2.30.